The first-order valence-corrected chi connectivity index (χ1v) is 8.02. The molecule has 5 heteroatoms. The van der Waals surface area contributed by atoms with Gasteiger partial charge in [-0.3, -0.25) is 0 Å². The number of hydrogen-bond donors (Lipinski definition) is 1. The summed E-state index contributed by atoms with van der Waals surface area (Å²) in [6.45, 7) is 0.256. The molecule has 0 amide bonds. The molecule has 3 aromatic carbocycles. The Bertz CT molecular complexity index is 1190. The molecule has 5 rings (SSSR count). The van der Waals surface area contributed by atoms with Gasteiger partial charge in [-0.2, -0.15) is 4.57 Å². The zero-order valence-corrected chi connectivity index (χ0v) is 13.9. The Morgan fingerprint density at radius 1 is 1.00 bits per heavy atom. The molecule has 5 nitrogen and oxygen atoms in total. The molecule has 124 valence electrons. The van der Waals surface area contributed by atoms with Crippen LogP contribution in [0.5, 0.6) is 23.0 Å². The number of hydrogen-bond acceptors (Lipinski definition) is 4. The predicted octanol–water partition coefficient (Wildman–Crippen LogP) is 3.53. The van der Waals surface area contributed by atoms with Gasteiger partial charge in [0, 0.05) is 5.39 Å². The van der Waals surface area contributed by atoms with E-state index in [0.717, 1.165) is 43.9 Å². The number of fused-ring (bicyclic) bond motifs is 6. The Balaban J connectivity index is 0.00000168. The number of aryl methyl sites for hydroxylation is 1. The van der Waals surface area contributed by atoms with Crippen molar-refractivity contribution in [1.82, 2.24) is 0 Å². The molecule has 0 atom stereocenters. The topological polar surface area (TPSA) is 51.8 Å². The Morgan fingerprint density at radius 3 is 2.56 bits per heavy atom. The van der Waals surface area contributed by atoms with Gasteiger partial charge in [-0.1, -0.05) is 6.07 Å². The summed E-state index contributed by atoms with van der Waals surface area (Å²) in [5.41, 5.74) is 1.08. The summed E-state index contributed by atoms with van der Waals surface area (Å²) in [6.07, 6.45) is 1.93. The maximum absolute atomic E-state index is 10.5. The standard InChI is InChI=1S/C20H15NO4/c1-21-9-15-12(5-6-16(23-2)20(15)22)13-4-3-11-7-17-18(25-10-24-17)8-14(11)19(13)21/h3-9H,10H2,1-2H3/p+2. The van der Waals surface area contributed by atoms with E-state index in [9.17, 15) is 5.11 Å². The van der Waals surface area contributed by atoms with E-state index in [4.69, 9.17) is 14.2 Å². The summed E-state index contributed by atoms with van der Waals surface area (Å²) in [5, 5.41) is 15.5. The second-order valence-electron chi connectivity index (χ2n) is 6.21. The summed E-state index contributed by atoms with van der Waals surface area (Å²) in [6, 6.07) is 12.0. The molecular formula is C20H17NO4+2. The minimum atomic E-state index is 0. The van der Waals surface area contributed by atoms with Gasteiger partial charge in [0.2, 0.25) is 12.3 Å². The lowest BCUT2D eigenvalue weighted by Gasteiger charge is -2.10. The van der Waals surface area contributed by atoms with Crippen LogP contribution in [0.3, 0.4) is 0 Å². The molecule has 0 spiro atoms. The molecule has 0 radical (unpaired) electrons. The van der Waals surface area contributed by atoms with Gasteiger partial charge in [0.25, 0.3) is 0 Å². The van der Waals surface area contributed by atoms with Crippen molar-refractivity contribution in [3.05, 3.63) is 42.6 Å². The second-order valence-corrected chi connectivity index (χ2v) is 6.21. The summed E-state index contributed by atoms with van der Waals surface area (Å²) >= 11 is 0. The van der Waals surface area contributed by atoms with Crippen LogP contribution in [0.1, 0.15) is 1.43 Å². The summed E-state index contributed by atoms with van der Waals surface area (Å²) in [5.74, 6) is 2.16. The molecule has 0 saturated carbocycles. The number of methoxy groups -OCH3 is 1. The van der Waals surface area contributed by atoms with E-state index in [1.165, 1.54) is 0 Å². The third kappa shape index (κ3) is 1.86. The number of ether oxygens (including phenoxy) is 3. The molecule has 25 heavy (non-hydrogen) atoms. The van der Waals surface area contributed by atoms with Gasteiger partial charge in [-0.25, -0.2) is 0 Å². The first-order valence-electron chi connectivity index (χ1n) is 8.02. The van der Waals surface area contributed by atoms with Gasteiger partial charge in [-0.05, 0) is 35.7 Å². The number of pyridine rings is 1. The molecule has 1 aromatic heterocycles. The molecule has 0 aliphatic carbocycles. The van der Waals surface area contributed by atoms with Crippen molar-refractivity contribution in [2.45, 2.75) is 0 Å². The minimum absolute atomic E-state index is 0. The summed E-state index contributed by atoms with van der Waals surface area (Å²) in [4.78, 5) is 0. The van der Waals surface area contributed by atoms with Gasteiger partial charge >= 0.3 is 1.43 Å². The highest BCUT2D eigenvalue weighted by molar-refractivity contribution is 6.15. The zero-order chi connectivity index (χ0) is 17.1. The lowest BCUT2D eigenvalue weighted by atomic mass is 10.00. The van der Waals surface area contributed by atoms with Crippen LogP contribution < -0.4 is 18.8 Å². The first-order chi connectivity index (χ1) is 12.2. The number of nitrogens with zero attached hydrogens (tertiary/aromatic N) is 1. The third-order valence-electron chi connectivity index (χ3n) is 4.85. The van der Waals surface area contributed by atoms with Crippen LogP contribution in [-0.2, 0) is 7.05 Å². The SMILES string of the molecule is COc1ccc2c(c[n+](C)c3c4cc5c(cc4ccc23)OCO5)c1O.[H+]. The number of phenols is 1. The van der Waals surface area contributed by atoms with Crippen molar-refractivity contribution in [3.63, 3.8) is 0 Å². The van der Waals surface area contributed by atoms with Gasteiger partial charge in [-0.15, -0.1) is 0 Å². The van der Waals surface area contributed by atoms with Crippen LogP contribution in [0.15, 0.2) is 42.6 Å². The highest BCUT2D eigenvalue weighted by atomic mass is 16.7. The average molecular weight is 335 g/mol. The molecule has 4 aromatic rings. The van der Waals surface area contributed by atoms with Crippen LogP contribution in [0.25, 0.3) is 32.4 Å². The molecule has 0 fully saturated rings. The van der Waals surface area contributed by atoms with Gasteiger partial charge in [0.1, 0.15) is 7.05 Å². The normalized spacial score (nSPS) is 13.0. The zero-order valence-electron chi connectivity index (χ0n) is 14.9. The lowest BCUT2D eigenvalue weighted by Crippen LogP contribution is -2.28. The highest BCUT2D eigenvalue weighted by Gasteiger charge is 2.21. The second kappa shape index (κ2) is 4.89. The fourth-order valence-electron chi connectivity index (χ4n) is 3.67. The van der Waals surface area contributed by atoms with Crippen LogP contribution in [-0.4, -0.2) is 19.0 Å². The third-order valence-corrected chi connectivity index (χ3v) is 4.85. The van der Waals surface area contributed by atoms with E-state index in [1.807, 2.05) is 36.0 Å². The Morgan fingerprint density at radius 2 is 1.76 bits per heavy atom. The van der Waals surface area contributed by atoms with E-state index in [0.29, 0.717) is 5.75 Å². The summed E-state index contributed by atoms with van der Waals surface area (Å²) in [7, 11) is 3.53. The smallest absolute Gasteiger partial charge is 0.504 e. The van der Waals surface area contributed by atoms with E-state index in [1.54, 1.807) is 13.2 Å². The van der Waals surface area contributed by atoms with E-state index < -0.39 is 0 Å². The maximum atomic E-state index is 10.5. The molecule has 1 aliphatic heterocycles. The molecule has 1 N–H and O–H groups in total. The average Bonchev–Trinajstić information content (AvgIpc) is 3.07. The van der Waals surface area contributed by atoms with E-state index in [2.05, 4.69) is 12.1 Å². The molecular weight excluding hydrogens is 318 g/mol. The fourth-order valence-corrected chi connectivity index (χ4v) is 3.67. The number of phenolic OH excluding ortho intramolecular Hbond substituents is 1. The van der Waals surface area contributed by atoms with Gasteiger partial charge in [0.15, 0.2) is 29.2 Å². The van der Waals surface area contributed by atoms with Crippen molar-refractivity contribution in [2.24, 2.45) is 7.05 Å². The lowest BCUT2D eigenvalue weighted by molar-refractivity contribution is -0.642. The fraction of sp³-hybridized carbons (Fsp3) is 0.150. The molecule has 0 unspecified atom stereocenters. The Kier molecular flexibility index (Phi) is 2.77. The van der Waals surface area contributed by atoms with Crippen molar-refractivity contribution >= 4 is 32.4 Å². The Labute approximate surface area is 145 Å². The Hall–Kier alpha value is -3.21. The number of aromatic nitrogens is 1. The molecule has 2 heterocycles. The summed E-state index contributed by atoms with van der Waals surface area (Å²) < 4.78 is 18.3. The van der Waals surface area contributed by atoms with Gasteiger partial charge in [0.05, 0.1) is 23.3 Å². The van der Waals surface area contributed by atoms with Crippen LogP contribution in [0, 0.1) is 0 Å². The molecule has 0 saturated heterocycles. The molecule has 0 bridgehead atoms. The minimum Gasteiger partial charge on any atom is -0.504 e. The van der Waals surface area contributed by atoms with Crippen molar-refractivity contribution in [1.29, 1.82) is 0 Å². The first kappa shape index (κ1) is 14.2. The van der Waals surface area contributed by atoms with E-state index in [-0.39, 0.29) is 14.0 Å². The van der Waals surface area contributed by atoms with Crippen LogP contribution in [0.2, 0.25) is 0 Å². The predicted molar refractivity (Wildman–Crippen MR) is 95.6 cm³/mol. The van der Waals surface area contributed by atoms with Gasteiger partial charge < -0.3 is 19.3 Å². The number of benzene rings is 3. The van der Waals surface area contributed by atoms with Crippen LogP contribution >= 0.6 is 0 Å². The van der Waals surface area contributed by atoms with Crippen molar-refractivity contribution in [3.8, 4) is 23.0 Å². The quantitative estimate of drug-likeness (QED) is 0.427. The van der Waals surface area contributed by atoms with Crippen LogP contribution in [0.4, 0.5) is 0 Å². The number of rotatable bonds is 1. The molecule has 1 aliphatic rings. The van der Waals surface area contributed by atoms with E-state index >= 15 is 0 Å². The van der Waals surface area contributed by atoms with Crippen molar-refractivity contribution in [2.75, 3.05) is 13.9 Å². The monoisotopic (exact) mass is 335 g/mol. The number of aromatic hydroxyl groups is 1. The largest absolute Gasteiger partial charge is 1.00 e. The highest BCUT2D eigenvalue weighted by Crippen LogP contribution is 2.41. The van der Waals surface area contributed by atoms with Crippen molar-refractivity contribution < 1.29 is 25.3 Å². The maximum Gasteiger partial charge on any atom is 1.00 e.